The van der Waals surface area contributed by atoms with Gasteiger partial charge in [0.2, 0.25) is 0 Å². The van der Waals surface area contributed by atoms with Crippen molar-refractivity contribution in [2.24, 2.45) is 0 Å². The number of aromatic nitrogens is 1. The van der Waals surface area contributed by atoms with Gasteiger partial charge in [-0.05, 0) is 81.1 Å². The third-order valence-electron chi connectivity index (χ3n) is 6.54. The van der Waals surface area contributed by atoms with Crippen molar-refractivity contribution in [3.8, 4) is 0 Å². The maximum atomic E-state index is 13.1. The van der Waals surface area contributed by atoms with E-state index in [-0.39, 0.29) is 5.78 Å². The third kappa shape index (κ3) is 3.99. The number of carbonyl (C=O) groups is 1. The van der Waals surface area contributed by atoms with Gasteiger partial charge in [0.15, 0.2) is 5.78 Å². The number of carbonyl (C=O) groups excluding carboxylic acids is 1. The molecule has 1 unspecified atom stereocenters. The lowest BCUT2D eigenvalue weighted by molar-refractivity contribution is 0.103. The Morgan fingerprint density at radius 1 is 1.20 bits per heavy atom. The van der Waals surface area contributed by atoms with Gasteiger partial charge in [0.1, 0.15) is 0 Å². The molecule has 0 spiro atoms. The Bertz CT molecular complexity index is 1050. The van der Waals surface area contributed by atoms with Crippen molar-refractivity contribution in [2.45, 2.75) is 51.5 Å². The average molecular weight is 424 g/mol. The number of likely N-dealkylation sites (tertiary alicyclic amines) is 1. The number of nitrogens with zero attached hydrogens (tertiary/aromatic N) is 2. The number of hydrogen-bond donors (Lipinski definition) is 1. The van der Waals surface area contributed by atoms with Crippen molar-refractivity contribution >= 4 is 28.3 Å². The van der Waals surface area contributed by atoms with Gasteiger partial charge in [0, 0.05) is 28.8 Å². The van der Waals surface area contributed by atoms with E-state index < -0.39 is 0 Å². The number of halogens is 1. The topological polar surface area (TPSA) is 51.3 Å². The van der Waals surface area contributed by atoms with Crippen LogP contribution < -0.4 is 5.84 Å². The van der Waals surface area contributed by atoms with Crippen molar-refractivity contribution < 1.29 is 4.79 Å². The second-order valence-corrected chi connectivity index (χ2v) is 8.89. The van der Waals surface area contributed by atoms with E-state index in [0.29, 0.717) is 28.1 Å². The first kappa shape index (κ1) is 21.0. The molecule has 2 aromatic carbocycles. The van der Waals surface area contributed by atoms with Crippen LogP contribution in [0.1, 0.15) is 66.9 Å². The minimum Gasteiger partial charge on any atom is -0.339 e. The monoisotopic (exact) mass is 423 g/mol. The fourth-order valence-electron chi connectivity index (χ4n) is 4.80. The van der Waals surface area contributed by atoms with Gasteiger partial charge in [-0.15, -0.1) is 0 Å². The van der Waals surface area contributed by atoms with Gasteiger partial charge in [-0.2, -0.15) is 0 Å². The lowest BCUT2D eigenvalue weighted by atomic mass is 9.88. The molecule has 0 saturated carbocycles. The van der Waals surface area contributed by atoms with Gasteiger partial charge >= 0.3 is 0 Å². The van der Waals surface area contributed by atoms with Crippen LogP contribution in [0.2, 0.25) is 5.02 Å². The van der Waals surface area contributed by atoms with Gasteiger partial charge in [-0.25, -0.2) is 0 Å². The second-order valence-electron chi connectivity index (χ2n) is 8.48. The van der Waals surface area contributed by atoms with E-state index in [1.54, 1.807) is 16.8 Å². The zero-order valence-electron chi connectivity index (χ0n) is 17.8. The van der Waals surface area contributed by atoms with Crippen molar-refractivity contribution in [1.82, 2.24) is 9.58 Å². The maximum Gasteiger partial charge on any atom is 0.194 e. The van der Waals surface area contributed by atoms with E-state index in [2.05, 4.69) is 18.7 Å². The van der Waals surface area contributed by atoms with Crippen LogP contribution in [0.25, 0.3) is 10.9 Å². The summed E-state index contributed by atoms with van der Waals surface area (Å²) in [6.45, 7) is 6.81. The van der Waals surface area contributed by atoms with Crippen molar-refractivity contribution in [1.29, 1.82) is 0 Å². The Labute approximate surface area is 183 Å². The van der Waals surface area contributed by atoms with Crippen LogP contribution >= 0.6 is 11.6 Å². The third-order valence-corrected chi connectivity index (χ3v) is 6.87. The highest BCUT2D eigenvalue weighted by atomic mass is 35.5. The van der Waals surface area contributed by atoms with E-state index in [1.165, 1.54) is 18.4 Å². The molecule has 2 heterocycles. The maximum absolute atomic E-state index is 13.1. The highest BCUT2D eigenvalue weighted by Gasteiger charge is 2.26. The standard InChI is InChI=1S/C25H30ClN3O/c1-3-6-17(2)28-13-11-18(12-14-28)22-16-29(27)24-10-9-19(15-21(22)24)25(30)20-7-4-5-8-23(20)26/h4-5,7-10,15-18H,3,6,11-14,27H2,1-2H3. The van der Waals surface area contributed by atoms with E-state index in [0.717, 1.165) is 36.8 Å². The molecule has 1 aliphatic rings. The summed E-state index contributed by atoms with van der Waals surface area (Å²) in [6.07, 6.45) is 6.76. The summed E-state index contributed by atoms with van der Waals surface area (Å²) in [6, 6.07) is 13.6. The van der Waals surface area contributed by atoms with Crippen LogP contribution in [0.3, 0.4) is 0 Å². The van der Waals surface area contributed by atoms with Gasteiger partial charge in [-0.1, -0.05) is 37.1 Å². The van der Waals surface area contributed by atoms with Crippen molar-refractivity contribution in [2.75, 3.05) is 18.9 Å². The van der Waals surface area contributed by atoms with E-state index in [4.69, 9.17) is 17.4 Å². The lowest BCUT2D eigenvalue weighted by Crippen LogP contribution is -2.39. The highest BCUT2D eigenvalue weighted by Crippen LogP contribution is 2.35. The van der Waals surface area contributed by atoms with Gasteiger partial charge in [-0.3, -0.25) is 9.47 Å². The summed E-state index contributed by atoms with van der Waals surface area (Å²) >= 11 is 6.26. The molecule has 4 rings (SSSR count). The molecule has 0 bridgehead atoms. The molecule has 5 heteroatoms. The Hall–Kier alpha value is -2.30. The smallest absolute Gasteiger partial charge is 0.194 e. The fraction of sp³-hybridized carbons (Fsp3) is 0.400. The predicted molar refractivity (Wildman–Crippen MR) is 125 cm³/mol. The summed E-state index contributed by atoms with van der Waals surface area (Å²) in [5.74, 6) is 6.67. The molecule has 3 aromatic rings. The first-order valence-corrected chi connectivity index (χ1v) is 11.3. The summed E-state index contributed by atoms with van der Waals surface area (Å²) in [5.41, 5.74) is 3.40. The fourth-order valence-corrected chi connectivity index (χ4v) is 5.02. The second kappa shape index (κ2) is 8.83. The number of nitrogen functional groups attached to an aromatic ring is 1. The van der Waals surface area contributed by atoms with E-state index in [1.807, 2.05) is 36.5 Å². The number of fused-ring (bicyclic) bond motifs is 1. The number of ketones is 1. The lowest BCUT2D eigenvalue weighted by Gasteiger charge is -2.36. The zero-order valence-corrected chi connectivity index (χ0v) is 18.5. The molecule has 0 radical (unpaired) electrons. The molecular weight excluding hydrogens is 394 g/mol. The summed E-state index contributed by atoms with van der Waals surface area (Å²) in [5, 5.41) is 1.56. The zero-order chi connectivity index (χ0) is 21.3. The van der Waals surface area contributed by atoms with Crippen molar-refractivity contribution in [3.63, 3.8) is 0 Å². The molecule has 1 saturated heterocycles. The Morgan fingerprint density at radius 3 is 2.63 bits per heavy atom. The van der Waals surface area contributed by atoms with E-state index >= 15 is 0 Å². The van der Waals surface area contributed by atoms with Crippen LogP contribution in [0.4, 0.5) is 0 Å². The van der Waals surface area contributed by atoms with Crippen LogP contribution in [-0.4, -0.2) is 34.5 Å². The summed E-state index contributed by atoms with van der Waals surface area (Å²) < 4.78 is 1.69. The van der Waals surface area contributed by atoms with Gasteiger partial charge < -0.3 is 10.7 Å². The van der Waals surface area contributed by atoms with Crippen LogP contribution in [0.15, 0.2) is 48.7 Å². The highest BCUT2D eigenvalue weighted by molar-refractivity contribution is 6.35. The quantitative estimate of drug-likeness (QED) is 0.414. The number of rotatable bonds is 6. The molecule has 1 aliphatic heterocycles. The first-order valence-electron chi connectivity index (χ1n) is 10.9. The summed E-state index contributed by atoms with van der Waals surface area (Å²) in [4.78, 5) is 15.7. The average Bonchev–Trinajstić information content (AvgIpc) is 3.10. The van der Waals surface area contributed by atoms with Crippen LogP contribution in [0.5, 0.6) is 0 Å². The molecule has 0 amide bonds. The first-order chi connectivity index (χ1) is 14.5. The molecule has 1 aromatic heterocycles. The Kier molecular flexibility index (Phi) is 6.16. The predicted octanol–water partition coefficient (Wildman–Crippen LogP) is 5.61. The summed E-state index contributed by atoms with van der Waals surface area (Å²) in [7, 11) is 0. The number of piperidine rings is 1. The SMILES string of the molecule is CCCC(C)N1CCC(c2cn(N)c3ccc(C(=O)c4ccccc4Cl)cc23)CC1. The normalized spacial score (nSPS) is 16.8. The molecule has 1 fully saturated rings. The largest absolute Gasteiger partial charge is 0.339 e. The van der Waals surface area contributed by atoms with E-state index in [9.17, 15) is 4.79 Å². The number of hydrogen-bond acceptors (Lipinski definition) is 3. The molecular formula is C25H30ClN3O. The number of benzene rings is 2. The van der Waals surface area contributed by atoms with Gasteiger partial charge in [0.25, 0.3) is 0 Å². The minimum absolute atomic E-state index is 0.0542. The van der Waals surface area contributed by atoms with Gasteiger partial charge in [0.05, 0.1) is 10.5 Å². The Balaban J connectivity index is 1.62. The van der Waals surface area contributed by atoms with Crippen molar-refractivity contribution in [3.05, 3.63) is 70.4 Å². The minimum atomic E-state index is -0.0542. The number of nitrogens with two attached hydrogens (primary N) is 1. The molecule has 4 nitrogen and oxygen atoms in total. The molecule has 2 N–H and O–H groups in total. The molecule has 0 aliphatic carbocycles. The Morgan fingerprint density at radius 2 is 1.93 bits per heavy atom. The molecule has 30 heavy (non-hydrogen) atoms. The molecule has 1 atom stereocenters. The van der Waals surface area contributed by atoms with Crippen LogP contribution in [0, 0.1) is 0 Å². The van der Waals surface area contributed by atoms with Crippen LogP contribution in [-0.2, 0) is 0 Å². The molecule has 158 valence electrons.